The molecular weight excluding hydrogens is 519 g/mol. The summed E-state index contributed by atoms with van der Waals surface area (Å²) in [5.74, 6) is 0.214. The van der Waals surface area contributed by atoms with Crippen LogP contribution < -0.4 is 10.6 Å². The molecule has 2 N–H and O–H groups in total. The summed E-state index contributed by atoms with van der Waals surface area (Å²) >= 11 is 0. The van der Waals surface area contributed by atoms with Crippen molar-refractivity contribution in [2.24, 2.45) is 5.41 Å². The Kier molecular flexibility index (Phi) is 6.10. The number of carbonyl (C=O) groups is 2. The predicted molar refractivity (Wildman–Crippen MR) is 131 cm³/mol. The summed E-state index contributed by atoms with van der Waals surface area (Å²) in [6.45, 7) is 1.00. The number of halogens is 3. The number of hydrogen-bond donors (Lipinski definition) is 1. The molecule has 0 bridgehead atoms. The molecule has 3 aromatic rings. The minimum absolute atomic E-state index is 0.0519. The molecule has 2 saturated heterocycles. The number of carbonyl (C=O) groups excluding carboxylic acids is 2. The third-order valence-corrected chi connectivity index (χ3v) is 8.05. The third-order valence-electron chi connectivity index (χ3n) is 8.05. The first-order valence-corrected chi connectivity index (χ1v) is 13.0. The normalized spacial score (nSPS) is 21.7. The van der Waals surface area contributed by atoms with E-state index in [1.807, 2.05) is 0 Å². The van der Waals surface area contributed by atoms with Gasteiger partial charge in [0.1, 0.15) is 11.5 Å². The van der Waals surface area contributed by atoms with Gasteiger partial charge in [-0.05, 0) is 37.8 Å². The van der Waals surface area contributed by atoms with Crippen LogP contribution in [0, 0.1) is 5.41 Å². The van der Waals surface area contributed by atoms with E-state index in [1.54, 1.807) is 21.9 Å². The number of amides is 2. The third kappa shape index (κ3) is 4.23. The number of rotatable bonds is 4. The Morgan fingerprint density at radius 2 is 1.72 bits per heavy atom. The lowest BCUT2D eigenvalue weighted by molar-refractivity contribution is -0.226. The van der Waals surface area contributed by atoms with Crippen molar-refractivity contribution < 1.29 is 27.2 Å². The van der Waals surface area contributed by atoms with Gasteiger partial charge in [-0.1, -0.05) is 12.8 Å². The number of furan rings is 1. The summed E-state index contributed by atoms with van der Waals surface area (Å²) in [6.07, 6.45) is -1.36. The van der Waals surface area contributed by atoms with Gasteiger partial charge >= 0.3 is 6.18 Å². The maximum absolute atomic E-state index is 13.9. The quantitative estimate of drug-likeness (QED) is 0.520. The lowest BCUT2D eigenvalue weighted by Crippen LogP contribution is -2.59. The predicted octanol–water partition coefficient (Wildman–Crippen LogP) is 2.12. The first kappa shape index (κ1) is 25.4. The van der Waals surface area contributed by atoms with E-state index in [4.69, 9.17) is 10.2 Å². The molecule has 0 radical (unpaired) electrons. The minimum atomic E-state index is -4.58. The van der Waals surface area contributed by atoms with Gasteiger partial charge in [0.25, 0.3) is 5.78 Å². The van der Waals surface area contributed by atoms with Crippen molar-refractivity contribution >= 4 is 29.5 Å². The van der Waals surface area contributed by atoms with Gasteiger partial charge in [0, 0.05) is 32.7 Å². The van der Waals surface area contributed by atoms with Crippen molar-refractivity contribution in [3.63, 3.8) is 0 Å². The second-order valence-corrected chi connectivity index (χ2v) is 10.3. The van der Waals surface area contributed by atoms with Crippen LogP contribution in [0.1, 0.15) is 38.5 Å². The number of nitrogens with zero attached hydrogens (tertiary/aromatic N) is 8. The minimum Gasteiger partial charge on any atom is -0.461 e. The molecule has 0 spiro atoms. The Morgan fingerprint density at radius 3 is 2.38 bits per heavy atom. The van der Waals surface area contributed by atoms with Crippen LogP contribution in [0.25, 0.3) is 17.4 Å². The number of fused-ring (bicyclic) bond motifs is 1. The van der Waals surface area contributed by atoms with Gasteiger partial charge in [0.05, 0.1) is 6.26 Å². The molecule has 2 aliphatic heterocycles. The van der Waals surface area contributed by atoms with Gasteiger partial charge in [-0.15, -0.1) is 5.10 Å². The molecule has 12 nitrogen and oxygen atoms in total. The van der Waals surface area contributed by atoms with E-state index in [-0.39, 0.29) is 62.6 Å². The van der Waals surface area contributed by atoms with Crippen molar-refractivity contribution in [3.8, 4) is 11.6 Å². The fraction of sp³-hybridized carbons (Fsp3) is 0.583. The zero-order valence-corrected chi connectivity index (χ0v) is 21.1. The van der Waals surface area contributed by atoms with E-state index in [9.17, 15) is 22.8 Å². The molecule has 15 heteroatoms. The van der Waals surface area contributed by atoms with Crippen LogP contribution in [0.15, 0.2) is 22.8 Å². The molecule has 39 heavy (non-hydrogen) atoms. The highest BCUT2D eigenvalue weighted by atomic mass is 19.4. The second kappa shape index (κ2) is 9.38. The number of alkyl halides is 3. The zero-order chi connectivity index (χ0) is 27.4. The molecule has 1 saturated carbocycles. The molecule has 3 aromatic heterocycles. The molecule has 0 aromatic carbocycles. The summed E-state index contributed by atoms with van der Waals surface area (Å²) < 4.78 is 48.3. The zero-order valence-electron chi connectivity index (χ0n) is 21.1. The van der Waals surface area contributed by atoms with Gasteiger partial charge in [-0.2, -0.15) is 32.6 Å². The lowest BCUT2D eigenvalue weighted by atomic mass is 9.83. The Labute approximate surface area is 221 Å². The Bertz CT molecular complexity index is 1380. The van der Waals surface area contributed by atoms with E-state index >= 15 is 0 Å². The molecular formula is C24H28F3N9O3. The van der Waals surface area contributed by atoms with Crippen LogP contribution in [-0.4, -0.2) is 91.1 Å². The number of nitrogen functional groups attached to an aromatic ring is 1. The Balaban J connectivity index is 1.16. The topological polar surface area (TPSA) is 139 Å². The van der Waals surface area contributed by atoms with Crippen molar-refractivity contribution in [3.05, 3.63) is 18.4 Å². The molecule has 3 fully saturated rings. The first-order valence-electron chi connectivity index (χ1n) is 13.0. The number of piperazine rings is 1. The van der Waals surface area contributed by atoms with Gasteiger partial charge in [-0.25, -0.2) is 0 Å². The van der Waals surface area contributed by atoms with Crippen molar-refractivity contribution in [2.45, 2.75) is 50.7 Å². The molecule has 1 aliphatic carbocycles. The van der Waals surface area contributed by atoms with Crippen LogP contribution in [-0.2, 0) is 9.59 Å². The molecule has 3 aliphatic rings. The molecule has 208 valence electrons. The summed E-state index contributed by atoms with van der Waals surface area (Å²) in [4.78, 5) is 44.4. The largest absolute Gasteiger partial charge is 0.461 e. The fourth-order valence-electron chi connectivity index (χ4n) is 5.94. The van der Waals surface area contributed by atoms with Gasteiger partial charge in [0.2, 0.25) is 29.5 Å². The van der Waals surface area contributed by atoms with Gasteiger partial charge in [-0.3, -0.25) is 9.59 Å². The van der Waals surface area contributed by atoms with E-state index in [0.717, 1.165) is 6.42 Å². The van der Waals surface area contributed by atoms with Crippen LogP contribution >= 0.6 is 0 Å². The smallest absolute Gasteiger partial charge is 0.403 e. The SMILES string of the molecule is Nc1nc(N2CCC[C@H]2C(=O)N2CCN(C(=O)C3(C(F)(F)F)CCCC3)CC2)nc2nc(-c3ccco3)nn12. The van der Waals surface area contributed by atoms with E-state index in [0.29, 0.717) is 37.4 Å². The molecule has 5 heterocycles. The van der Waals surface area contributed by atoms with Crippen molar-refractivity contribution in [1.82, 2.24) is 34.4 Å². The van der Waals surface area contributed by atoms with Crippen molar-refractivity contribution in [2.75, 3.05) is 43.4 Å². The van der Waals surface area contributed by atoms with Crippen LogP contribution in [0.3, 0.4) is 0 Å². The second-order valence-electron chi connectivity index (χ2n) is 10.3. The van der Waals surface area contributed by atoms with Gasteiger partial charge < -0.3 is 24.9 Å². The van der Waals surface area contributed by atoms with E-state index in [2.05, 4.69) is 20.1 Å². The monoisotopic (exact) mass is 547 g/mol. The maximum Gasteiger partial charge on any atom is 0.403 e. The number of anilines is 2. The first-order chi connectivity index (χ1) is 18.7. The summed E-state index contributed by atoms with van der Waals surface area (Å²) in [5, 5.41) is 4.29. The average Bonchev–Trinajstić information content (AvgIpc) is 3.73. The molecule has 6 rings (SSSR count). The highest BCUT2D eigenvalue weighted by molar-refractivity contribution is 5.87. The number of nitrogens with two attached hydrogens (primary N) is 1. The van der Waals surface area contributed by atoms with Crippen LogP contribution in [0.4, 0.5) is 25.1 Å². The van der Waals surface area contributed by atoms with Crippen LogP contribution in [0.5, 0.6) is 0 Å². The highest BCUT2D eigenvalue weighted by Gasteiger charge is 2.62. The van der Waals surface area contributed by atoms with Crippen molar-refractivity contribution in [1.29, 1.82) is 0 Å². The highest BCUT2D eigenvalue weighted by Crippen LogP contribution is 2.51. The Morgan fingerprint density at radius 1 is 1.00 bits per heavy atom. The lowest BCUT2D eigenvalue weighted by Gasteiger charge is -2.41. The number of hydrogen-bond acceptors (Lipinski definition) is 9. The Hall–Kier alpha value is -3.91. The van der Waals surface area contributed by atoms with E-state index < -0.39 is 23.5 Å². The average molecular weight is 548 g/mol. The summed E-state index contributed by atoms with van der Waals surface area (Å²) in [7, 11) is 0. The van der Waals surface area contributed by atoms with E-state index in [1.165, 1.54) is 15.7 Å². The molecule has 1 atom stereocenters. The fourth-order valence-corrected chi connectivity index (χ4v) is 5.94. The standard InChI is InChI=1S/C24H28F3N9O3/c25-24(26,27)23(7-1-2-8-23)19(38)34-12-10-33(11-13-34)18(37)15-5-3-9-35(15)21-30-20(28)36-22(31-21)29-17(32-36)16-6-4-14-39-16/h4,6,14-15H,1-3,5,7-13H2,(H2,28,29,30,31,32)/t15-/m0/s1. The summed E-state index contributed by atoms with van der Waals surface area (Å²) in [6, 6.07) is 2.86. The summed E-state index contributed by atoms with van der Waals surface area (Å²) in [5.41, 5.74) is 3.84. The molecule has 2 amide bonds. The van der Waals surface area contributed by atoms with Gasteiger partial charge in [0.15, 0.2) is 5.76 Å². The number of aromatic nitrogens is 5. The molecule has 0 unspecified atom stereocenters. The van der Waals surface area contributed by atoms with Crippen LogP contribution in [0.2, 0.25) is 0 Å². The maximum atomic E-state index is 13.9.